The third-order valence-electron chi connectivity index (χ3n) is 3.41. The lowest BCUT2D eigenvalue weighted by atomic mass is 9.86. The molecule has 1 rings (SSSR count). The molecule has 5 heteroatoms. The summed E-state index contributed by atoms with van der Waals surface area (Å²) < 4.78 is 13.1. The summed E-state index contributed by atoms with van der Waals surface area (Å²) in [7, 11) is 0. The molecule has 2 unspecified atom stereocenters. The lowest BCUT2D eigenvalue weighted by Crippen LogP contribution is -2.57. The predicted octanol–water partition coefficient (Wildman–Crippen LogP) is 1.77. The largest absolute Gasteiger partial charge is 0.368 e. The number of carbonyl (C=O) groups excluding carboxylic acids is 1. The van der Waals surface area contributed by atoms with Gasteiger partial charge in [-0.05, 0) is 31.4 Å². The quantitative estimate of drug-likeness (QED) is 0.840. The molecule has 0 saturated heterocycles. The average Bonchev–Trinajstić information content (AvgIpc) is 2.28. The first kappa shape index (κ1) is 14.6. The predicted molar refractivity (Wildman–Crippen MR) is 68.2 cm³/mol. The summed E-state index contributed by atoms with van der Waals surface area (Å²) >= 11 is 0. The van der Waals surface area contributed by atoms with E-state index in [0.29, 0.717) is 5.56 Å². The monoisotopic (exact) mass is 253 g/mol. The Balaban J connectivity index is 2.92. The van der Waals surface area contributed by atoms with Gasteiger partial charge in [-0.15, -0.1) is 0 Å². The molecule has 0 fully saturated rings. The summed E-state index contributed by atoms with van der Waals surface area (Å²) in [5.74, 6) is -0.792. The maximum absolute atomic E-state index is 13.1. The molecule has 1 heterocycles. The Labute approximate surface area is 107 Å². The van der Waals surface area contributed by atoms with Crippen molar-refractivity contribution in [2.24, 2.45) is 11.7 Å². The summed E-state index contributed by atoms with van der Waals surface area (Å²) in [5.41, 5.74) is 5.28. The lowest BCUT2D eigenvalue weighted by Gasteiger charge is -2.34. The molecule has 3 N–H and O–H groups in total. The number of carbonyl (C=O) groups is 1. The van der Waals surface area contributed by atoms with Crippen LogP contribution in [0.2, 0.25) is 0 Å². The van der Waals surface area contributed by atoms with Gasteiger partial charge in [-0.3, -0.25) is 15.1 Å². The number of pyridine rings is 1. The zero-order valence-corrected chi connectivity index (χ0v) is 11.2. The first-order chi connectivity index (χ1) is 8.27. The second-order valence-electron chi connectivity index (χ2n) is 5.02. The van der Waals surface area contributed by atoms with Gasteiger partial charge in [0.05, 0.1) is 11.7 Å². The number of halogens is 1. The number of nitrogens with one attached hydrogen (secondary N) is 1. The standard InChI is InChI=1S/C13H20FN3O/c1-8(2)13(4,12(15)18)17-9(3)10-5-11(14)7-16-6-10/h5-9,17H,1-4H3,(H2,15,18). The number of hydrogen-bond donors (Lipinski definition) is 2. The fraction of sp³-hybridized carbons (Fsp3) is 0.538. The normalized spacial score (nSPS) is 16.3. The molecule has 4 nitrogen and oxygen atoms in total. The van der Waals surface area contributed by atoms with Crippen LogP contribution in [-0.4, -0.2) is 16.4 Å². The highest BCUT2D eigenvalue weighted by molar-refractivity contribution is 5.84. The van der Waals surface area contributed by atoms with Crippen LogP contribution in [0, 0.1) is 11.7 Å². The van der Waals surface area contributed by atoms with Crippen LogP contribution in [0.25, 0.3) is 0 Å². The van der Waals surface area contributed by atoms with Gasteiger partial charge in [0.1, 0.15) is 5.82 Å². The second-order valence-corrected chi connectivity index (χ2v) is 5.02. The first-order valence-electron chi connectivity index (χ1n) is 5.95. The highest BCUT2D eigenvalue weighted by atomic mass is 19.1. The summed E-state index contributed by atoms with van der Waals surface area (Å²) in [4.78, 5) is 15.4. The minimum absolute atomic E-state index is 0.0268. The lowest BCUT2D eigenvalue weighted by molar-refractivity contribution is -0.125. The molecule has 0 spiro atoms. The molecule has 0 aliphatic carbocycles. The fourth-order valence-corrected chi connectivity index (χ4v) is 1.72. The van der Waals surface area contributed by atoms with Gasteiger partial charge < -0.3 is 5.73 Å². The number of hydrogen-bond acceptors (Lipinski definition) is 3. The molecule has 18 heavy (non-hydrogen) atoms. The Morgan fingerprint density at radius 3 is 2.50 bits per heavy atom. The third kappa shape index (κ3) is 3.04. The first-order valence-corrected chi connectivity index (χ1v) is 5.95. The van der Waals surface area contributed by atoms with E-state index in [1.54, 1.807) is 13.1 Å². The van der Waals surface area contributed by atoms with Gasteiger partial charge >= 0.3 is 0 Å². The zero-order chi connectivity index (χ0) is 13.9. The Hall–Kier alpha value is -1.49. The summed E-state index contributed by atoms with van der Waals surface area (Å²) in [6.45, 7) is 7.42. The Bertz CT molecular complexity index is 436. The van der Waals surface area contributed by atoms with Gasteiger partial charge in [0.25, 0.3) is 0 Å². The molecular formula is C13H20FN3O. The maximum Gasteiger partial charge on any atom is 0.237 e. The number of aromatic nitrogens is 1. The van der Waals surface area contributed by atoms with E-state index in [0.717, 1.165) is 6.20 Å². The minimum Gasteiger partial charge on any atom is -0.368 e. The Kier molecular flexibility index (Phi) is 4.40. The van der Waals surface area contributed by atoms with Crippen LogP contribution >= 0.6 is 0 Å². The van der Waals surface area contributed by atoms with Gasteiger partial charge in [0.2, 0.25) is 5.91 Å². The average molecular weight is 253 g/mol. The molecule has 0 saturated carbocycles. The van der Waals surface area contributed by atoms with Crippen LogP contribution in [0.15, 0.2) is 18.5 Å². The van der Waals surface area contributed by atoms with Crippen LogP contribution in [0.5, 0.6) is 0 Å². The molecular weight excluding hydrogens is 233 g/mol. The van der Waals surface area contributed by atoms with Crippen molar-refractivity contribution in [2.45, 2.75) is 39.3 Å². The van der Waals surface area contributed by atoms with Crippen LogP contribution < -0.4 is 11.1 Å². The maximum atomic E-state index is 13.1. The summed E-state index contributed by atoms with van der Waals surface area (Å²) in [6.07, 6.45) is 2.72. The smallest absolute Gasteiger partial charge is 0.237 e. The van der Waals surface area contributed by atoms with Gasteiger partial charge in [0, 0.05) is 12.2 Å². The van der Waals surface area contributed by atoms with Crippen molar-refractivity contribution in [2.75, 3.05) is 0 Å². The number of rotatable bonds is 5. The highest BCUT2D eigenvalue weighted by Crippen LogP contribution is 2.22. The van der Waals surface area contributed by atoms with Crippen LogP contribution in [0.1, 0.15) is 39.3 Å². The number of amides is 1. The van der Waals surface area contributed by atoms with E-state index in [9.17, 15) is 9.18 Å². The van der Waals surface area contributed by atoms with Crippen molar-refractivity contribution in [1.82, 2.24) is 10.3 Å². The molecule has 0 aliphatic heterocycles. The van der Waals surface area contributed by atoms with Gasteiger partial charge in [-0.2, -0.15) is 0 Å². The Morgan fingerprint density at radius 2 is 2.06 bits per heavy atom. The topological polar surface area (TPSA) is 68.0 Å². The molecule has 1 aromatic rings. The number of nitrogens with zero attached hydrogens (tertiary/aromatic N) is 1. The summed E-state index contributed by atoms with van der Waals surface area (Å²) in [6, 6.07) is 1.18. The van der Waals surface area contributed by atoms with E-state index in [-0.39, 0.29) is 12.0 Å². The molecule has 1 amide bonds. The minimum atomic E-state index is -0.842. The number of primary amides is 1. The van der Waals surface area contributed by atoms with E-state index in [1.807, 2.05) is 20.8 Å². The van der Waals surface area contributed by atoms with Gasteiger partial charge in [-0.25, -0.2) is 4.39 Å². The Morgan fingerprint density at radius 1 is 1.44 bits per heavy atom. The summed E-state index contributed by atoms with van der Waals surface area (Å²) in [5, 5.41) is 3.15. The highest BCUT2D eigenvalue weighted by Gasteiger charge is 2.35. The second kappa shape index (κ2) is 5.44. The molecule has 2 atom stereocenters. The van der Waals surface area contributed by atoms with Crippen LogP contribution in [0.3, 0.4) is 0 Å². The third-order valence-corrected chi connectivity index (χ3v) is 3.41. The van der Waals surface area contributed by atoms with Crippen molar-refractivity contribution >= 4 is 5.91 Å². The van der Waals surface area contributed by atoms with E-state index >= 15 is 0 Å². The molecule has 0 radical (unpaired) electrons. The molecule has 100 valence electrons. The van der Waals surface area contributed by atoms with Crippen molar-refractivity contribution in [3.05, 3.63) is 29.8 Å². The zero-order valence-electron chi connectivity index (χ0n) is 11.2. The molecule has 1 aromatic heterocycles. The van der Waals surface area contributed by atoms with E-state index in [1.165, 1.54) is 6.07 Å². The van der Waals surface area contributed by atoms with Crippen LogP contribution in [-0.2, 0) is 4.79 Å². The molecule has 0 bridgehead atoms. The SMILES string of the molecule is CC(NC(C)(C(N)=O)C(C)C)c1cncc(F)c1. The van der Waals surface area contributed by atoms with E-state index < -0.39 is 17.3 Å². The van der Waals surface area contributed by atoms with Gasteiger partial charge in [-0.1, -0.05) is 13.8 Å². The van der Waals surface area contributed by atoms with Crippen LogP contribution in [0.4, 0.5) is 4.39 Å². The molecule has 0 aliphatic rings. The van der Waals surface area contributed by atoms with E-state index in [2.05, 4.69) is 10.3 Å². The fourth-order valence-electron chi connectivity index (χ4n) is 1.72. The van der Waals surface area contributed by atoms with E-state index in [4.69, 9.17) is 5.73 Å². The molecule has 0 aromatic carbocycles. The number of nitrogens with two attached hydrogens (primary N) is 1. The van der Waals surface area contributed by atoms with Crippen molar-refractivity contribution in [3.63, 3.8) is 0 Å². The van der Waals surface area contributed by atoms with Crippen molar-refractivity contribution in [1.29, 1.82) is 0 Å². The van der Waals surface area contributed by atoms with Gasteiger partial charge in [0.15, 0.2) is 0 Å². The van der Waals surface area contributed by atoms with Crippen molar-refractivity contribution in [3.8, 4) is 0 Å². The van der Waals surface area contributed by atoms with Crippen molar-refractivity contribution < 1.29 is 9.18 Å².